The monoisotopic (exact) mass is 300 g/mol. The number of anilines is 1. The molecule has 8 heteroatoms. The van der Waals surface area contributed by atoms with Crippen molar-refractivity contribution in [3.05, 3.63) is 41.6 Å². The molecule has 2 aromatic rings. The number of halogens is 3. The van der Waals surface area contributed by atoms with Crippen molar-refractivity contribution in [1.29, 1.82) is 0 Å². The molecule has 4 nitrogen and oxygen atoms in total. The summed E-state index contributed by atoms with van der Waals surface area (Å²) in [5.74, 6) is 4.82. The fourth-order valence-corrected chi connectivity index (χ4v) is 2.23. The molecule has 1 heterocycles. The van der Waals surface area contributed by atoms with Crippen LogP contribution < -0.4 is 11.3 Å². The van der Waals surface area contributed by atoms with Crippen LogP contribution in [0.5, 0.6) is 0 Å². The molecule has 0 aliphatic heterocycles. The van der Waals surface area contributed by atoms with E-state index in [2.05, 4.69) is 9.97 Å². The second-order valence-corrected chi connectivity index (χ2v) is 5.07. The van der Waals surface area contributed by atoms with Crippen LogP contribution in [-0.2, 0) is 6.18 Å². The molecular formula is C12H11F3N4S. The largest absolute Gasteiger partial charge is 0.433 e. The number of hydrogen-bond donors (Lipinski definition) is 2. The molecule has 106 valence electrons. The number of hydrogen-bond acceptors (Lipinski definition) is 5. The normalized spacial score (nSPS) is 11.4. The van der Waals surface area contributed by atoms with Crippen LogP contribution in [0.3, 0.4) is 0 Å². The van der Waals surface area contributed by atoms with Crippen LogP contribution >= 0.6 is 11.8 Å². The summed E-state index contributed by atoms with van der Waals surface area (Å²) < 4.78 is 38.1. The van der Waals surface area contributed by atoms with E-state index in [1.807, 2.05) is 36.6 Å². The number of nitrogens with one attached hydrogen (secondary N) is 1. The number of nitrogens with zero attached hydrogens (tertiary/aromatic N) is 2. The van der Waals surface area contributed by atoms with Crippen molar-refractivity contribution in [2.45, 2.75) is 23.0 Å². The molecule has 0 amide bonds. The maximum Gasteiger partial charge on any atom is 0.433 e. The average molecular weight is 300 g/mol. The van der Waals surface area contributed by atoms with E-state index in [1.54, 1.807) is 0 Å². The smallest absolute Gasteiger partial charge is 0.292 e. The Morgan fingerprint density at radius 2 is 1.80 bits per heavy atom. The molecule has 2 rings (SSSR count). The maximum absolute atomic E-state index is 12.7. The Labute approximate surface area is 117 Å². The van der Waals surface area contributed by atoms with E-state index in [1.165, 1.54) is 0 Å². The topological polar surface area (TPSA) is 63.8 Å². The number of alkyl halides is 3. The zero-order valence-electron chi connectivity index (χ0n) is 10.4. The minimum absolute atomic E-state index is 0.170. The van der Waals surface area contributed by atoms with E-state index in [0.29, 0.717) is 0 Å². The molecule has 3 N–H and O–H groups in total. The van der Waals surface area contributed by atoms with Gasteiger partial charge in [0.15, 0.2) is 5.69 Å². The molecule has 0 saturated carbocycles. The molecule has 1 aromatic carbocycles. The van der Waals surface area contributed by atoms with Gasteiger partial charge in [-0.15, -0.1) is 0 Å². The van der Waals surface area contributed by atoms with Crippen LogP contribution in [0.15, 0.2) is 40.3 Å². The summed E-state index contributed by atoms with van der Waals surface area (Å²) in [7, 11) is 0. The highest BCUT2D eigenvalue weighted by atomic mass is 32.2. The summed E-state index contributed by atoms with van der Waals surface area (Å²) in [5, 5.41) is 0.170. The van der Waals surface area contributed by atoms with Gasteiger partial charge in [-0.05, 0) is 19.1 Å². The van der Waals surface area contributed by atoms with E-state index < -0.39 is 11.9 Å². The van der Waals surface area contributed by atoms with Gasteiger partial charge in [0.1, 0.15) is 5.03 Å². The number of nitrogens with two attached hydrogens (primary N) is 1. The molecule has 0 aliphatic rings. The lowest BCUT2D eigenvalue weighted by Crippen LogP contribution is -2.15. The number of hydrazine groups is 1. The van der Waals surface area contributed by atoms with Gasteiger partial charge < -0.3 is 0 Å². The Bertz CT molecular complexity index is 599. The van der Waals surface area contributed by atoms with E-state index in [-0.39, 0.29) is 11.0 Å². The predicted molar refractivity (Wildman–Crippen MR) is 70.1 cm³/mol. The first-order valence-corrected chi connectivity index (χ1v) is 6.37. The van der Waals surface area contributed by atoms with Crippen molar-refractivity contribution < 1.29 is 13.2 Å². The van der Waals surface area contributed by atoms with E-state index in [4.69, 9.17) is 5.84 Å². The Morgan fingerprint density at radius 3 is 2.35 bits per heavy atom. The molecule has 1 aromatic heterocycles. The van der Waals surface area contributed by atoms with Crippen LogP contribution in [0, 0.1) is 6.92 Å². The zero-order valence-corrected chi connectivity index (χ0v) is 11.2. The third-order valence-corrected chi connectivity index (χ3v) is 3.29. The van der Waals surface area contributed by atoms with Gasteiger partial charge in [0.2, 0.25) is 5.95 Å². The van der Waals surface area contributed by atoms with Gasteiger partial charge in [0, 0.05) is 11.0 Å². The zero-order chi connectivity index (χ0) is 14.8. The second-order valence-electron chi connectivity index (χ2n) is 3.97. The molecule has 0 spiro atoms. The second kappa shape index (κ2) is 5.68. The molecular weight excluding hydrogens is 289 g/mol. The molecule has 0 saturated heterocycles. The summed E-state index contributed by atoms with van der Waals surface area (Å²) in [4.78, 5) is 7.97. The van der Waals surface area contributed by atoms with Crippen LogP contribution in [0.25, 0.3) is 0 Å². The van der Waals surface area contributed by atoms with Crippen molar-refractivity contribution >= 4 is 17.7 Å². The molecule has 0 aliphatic carbocycles. The standard InChI is InChI=1S/C12H11F3N4S/c1-7-2-4-8(5-3-7)20-10-6-9(12(13,14)15)17-11(18-10)19-16/h2-6H,16H2,1H3,(H,17,18,19). The minimum atomic E-state index is -4.54. The maximum atomic E-state index is 12.7. The van der Waals surface area contributed by atoms with E-state index in [9.17, 15) is 13.2 Å². The molecule has 0 fully saturated rings. The highest BCUT2D eigenvalue weighted by Gasteiger charge is 2.33. The van der Waals surface area contributed by atoms with Crippen molar-refractivity contribution in [2.75, 3.05) is 5.43 Å². The van der Waals surface area contributed by atoms with Gasteiger partial charge in [-0.25, -0.2) is 15.8 Å². The number of nitrogen functional groups attached to an aromatic ring is 1. The predicted octanol–water partition coefficient (Wildman–Crippen LogP) is 3.24. The van der Waals surface area contributed by atoms with Crippen molar-refractivity contribution in [2.24, 2.45) is 5.84 Å². The van der Waals surface area contributed by atoms with Crippen molar-refractivity contribution in [3.63, 3.8) is 0 Å². The highest BCUT2D eigenvalue weighted by Crippen LogP contribution is 2.33. The van der Waals surface area contributed by atoms with Crippen molar-refractivity contribution in [3.8, 4) is 0 Å². The number of benzene rings is 1. The Hall–Kier alpha value is -1.80. The molecule has 0 atom stereocenters. The highest BCUT2D eigenvalue weighted by molar-refractivity contribution is 7.99. The summed E-state index contributed by atoms with van der Waals surface area (Å²) in [6.45, 7) is 1.93. The summed E-state index contributed by atoms with van der Waals surface area (Å²) in [6, 6.07) is 8.26. The van der Waals surface area contributed by atoms with Crippen LogP contribution in [0.1, 0.15) is 11.3 Å². The van der Waals surface area contributed by atoms with Gasteiger partial charge in [0.05, 0.1) is 0 Å². The lowest BCUT2D eigenvalue weighted by Gasteiger charge is -2.09. The Morgan fingerprint density at radius 1 is 1.15 bits per heavy atom. The minimum Gasteiger partial charge on any atom is -0.292 e. The molecule has 0 unspecified atom stereocenters. The molecule has 0 bridgehead atoms. The van der Waals surface area contributed by atoms with E-state index >= 15 is 0 Å². The molecule has 20 heavy (non-hydrogen) atoms. The summed E-state index contributed by atoms with van der Waals surface area (Å²) in [5.41, 5.74) is 2.07. The fraction of sp³-hybridized carbons (Fsp3) is 0.167. The van der Waals surface area contributed by atoms with Gasteiger partial charge >= 0.3 is 6.18 Å². The third kappa shape index (κ3) is 3.61. The third-order valence-electron chi connectivity index (χ3n) is 2.37. The number of rotatable bonds is 3. The number of aromatic nitrogens is 2. The van der Waals surface area contributed by atoms with E-state index in [0.717, 1.165) is 28.3 Å². The van der Waals surface area contributed by atoms with Gasteiger partial charge in [-0.1, -0.05) is 29.5 Å². The summed E-state index contributed by atoms with van der Waals surface area (Å²) in [6.07, 6.45) is -4.54. The van der Waals surface area contributed by atoms with Crippen LogP contribution in [0.2, 0.25) is 0 Å². The lowest BCUT2D eigenvalue weighted by molar-refractivity contribution is -0.141. The van der Waals surface area contributed by atoms with Crippen molar-refractivity contribution in [1.82, 2.24) is 9.97 Å². The SMILES string of the molecule is Cc1ccc(Sc2cc(C(F)(F)F)nc(NN)n2)cc1. The quantitative estimate of drug-likeness (QED) is 0.517. The van der Waals surface area contributed by atoms with Gasteiger partial charge in [-0.2, -0.15) is 13.2 Å². The van der Waals surface area contributed by atoms with Crippen LogP contribution in [-0.4, -0.2) is 9.97 Å². The first kappa shape index (κ1) is 14.6. The summed E-state index contributed by atoms with van der Waals surface area (Å²) >= 11 is 1.11. The fourth-order valence-electron chi connectivity index (χ4n) is 1.41. The number of aryl methyl sites for hydroxylation is 1. The first-order valence-electron chi connectivity index (χ1n) is 5.56. The van der Waals surface area contributed by atoms with Gasteiger partial charge in [-0.3, -0.25) is 5.43 Å². The Balaban J connectivity index is 2.33. The van der Waals surface area contributed by atoms with Crippen LogP contribution in [0.4, 0.5) is 19.1 Å². The average Bonchev–Trinajstić information content (AvgIpc) is 2.40. The first-order chi connectivity index (χ1) is 9.38. The lowest BCUT2D eigenvalue weighted by atomic mass is 10.2. The molecule has 0 radical (unpaired) electrons. The van der Waals surface area contributed by atoms with Gasteiger partial charge in [0.25, 0.3) is 0 Å². The Kier molecular flexibility index (Phi) is 4.15.